The lowest BCUT2D eigenvalue weighted by molar-refractivity contribution is -0.0601. The van der Waals surface area contributed by atoms with E-state index in [-0.39, 0.29) is 53.0 Å². The lowest BCUT2D eigenvalue weighted by Gasteiger charge is -2.29. The standard InChI is InChI=1S/C50H58N7O21P3S3/c1-27-18-32-20-38-34(21-36(32)49(27,3)4)42(35-22-37-33(19-28(2)50(37,5)6)44(43(35)76-38)84(69,70)71)29-9-11-30(12-10-29)45(58)52-14-16-82-83-17-15-72-48(61)53-13-7-8-31-24-57(47(60)55-46(31)59)41-23-39(73-26-54-56-51)40(75-41)25-74-80(65,66)78-81(67,68)77-79(62,63)64/h9-12,19-22,24,27-28,39-41H,13-18,23,25-26H2,1-6H3,(H,52,58)(H,53,61)(H,65,66)(H,67,68)(H,55,59,60)(H2,62,63,64)(H,69,70,71)/t27?,28?,39?,40-,41-/m1/s1. The van der Waals surface area contributed by atoms with Gasteiger partial charge in [0.2, 0.25) is 0 Å². The normalized spacial score (nSPS) is 21.3. The minimum Gasteiger partial charge on any atom is -0.455 e. The number of aromatic nitrogens is 2. The Morgan fingerprint density at radius 2 is 1.69 bits per heavy atom. The van der Waals surface area contributed by atoms with E-state index in [1.165, 1.54) is 27.2 Å². The molecule has 7 atom stereocenters. The second kappa shape index (κ2) is 25.4. The van der Waals surface area contributed by atoms with Crippen LogP contribution in [0.15, 0.2) is 68.3 Å². The van der Waals surface area contributed by atoms with E-state index in [9.17, 15) is 55.6 Å². The average molecular weight is 1280 g/mol. The fourth-order valence-electron chi connectivity index (χ4n) is 9.99. The number of phosphoric ester groups is 1. The first kappa shape index (κ1) is 64.4. The van der Waals surface area contributed by atoms with Crippen molar-refractivity contribution in [3.05, 3.63) is 129 Å². The number of amides is 2. The Morgan fingerprint density at radius 1 is 0.976 bits per heavy atom. The van der Waals surface area contributed by atoms with E-state index in [0.29, 0.717) is 45.7 Å². The van der Waals surface area contributed by atoms with Gasteiger partial charge in [-0.3, -0.25) is 28.2 Å². The number of fused-ring (bicyclic) bond motifs is 4. The summed E-state index contributed by atoms with van der Waals surface area (Å²) in [5, 5.41) is 9.48. The molecule has 0 bridgehead atoms. The van der Waals surface area contributed by atoms with Crippen LogP contribution in [0.5, 0.6) is 11.5 Å². The first-order chi connectivity index (χ1) is 39.3. The topological polar surface area (TPSA) is 413 Å². The first-order valence-corrected chi connectivity index (χ1v) is 34.0. The smallest absolute Gasteiger partial charge is 0.455 e. The minimum absolute atomic E-state index is 0.00572. The van der Waals surface area contributed by atoms with E-state index < -0.39 is 88.1 Å². The molecule has 452 valence electrons. The van der Waals surface area contributed by atoms with Crippen LogP contribution in [0.2, 0.25) is 0 Å². The second-order valence-electron chi connectivity index (χ2n) is 20.8. The molecule has 4 aliphatic rings. The number of H-pyrrole nitrogens is 1. The van der Waals surface area contributed by atoms with Gasteiger partial charge in [-0.25, -0.2) is 23.3 Å². The molecule has 84 heavy (non-hydrogen) atoms. The van der Waals surface area contributed by atoms with Gasteiger partial charge in [0.25, 0.3) is 21.6 Å². The Balaban J connectivity index is 0.817. The van der Waals surface area contributed by atoms with Crippen molar-refractivity contribution in [1.82, 2.24) is 20.2 Å². The number of aromatic amines is 1. The maximum Gasteiger partial charge on any atom is 0.490 e. The molecule has 2 amide bonds. The summed E-state index contributed by atoms with van der Waals surface area (Å²) in [5.41, 5.74) is 11.5. The van der Waals surface area contributed by atoms with Crippen molar-refractivity contribution in [3.63, 3.8) is 0 Å². The Kier molecular flexibility index (Phi) is 19.5. The molecule has 34 heteroatoms. The van der Waals surface area contributed by atoms with Crippen LogP contribution in [0.4, 0.5) is 4.79 Å². The summed E-state index contributed by atoms with van der Waals surface area (Å²) >= 11 is 0. The Labute approximate surface area is 487 Å². The molecule has 4 aromatic rings. The Morgan fingerprint density at radius 3 is 2.38 bits per heavy atom. The molecule has 2 aliphatic carbocycles. The predicted molar refractivity (Wildman–Crippen MR) is 305 cm³/mol. The number of carbonyl (C=O) groups excluding carboxylic acids is 2. The van der Waals surface area contributed by atoms with Gasteiger partial charge in [0.15, 0.2) is 5.75 Å². The maximum atomic E-state index is 13.4. The molecule has 1 fully saturated rings. The van der Waals surface area contributed by atoms with Crippen LogP contribution < -0.4 is 37.1 Å². The molecular formula is C50H58N7O21P3S3. The van der Waals surface area contributed by atoms with Crippen LogP contribution >= 0.6 is 45.1 Å². The summed E-state index contributed by atoms with van der Waals surface area (Å²) in [5.74, 6) is 6.46. The molecular weight excluding hydrogens is 1220 g/mol. The lowest BCUT2D eigenvalue weighted by Crippen LogP contribution is -2.34. The van der Waals surface area contributed by atoms with E-state index in [0.717, 1.165) is 45.0 Å². The third kappa shape index (κ3) is 14.8. The van der Waals surface area contributed by atoms with Crippen molar-refractivity contribution in [2.45, 2.75) is 88.5 Å². The highest BCUT2D eigenvalue weighted by Gasteiger charge is 2.45. The van der Waals surface area contributed by atoms with E-state index in [1.807, 2.05) is 56.1 Å². The van der Waals surface area contributed by atoms with E-state index in [2.05, 4.69) is 72.5 Å². The highest BCUT2D eigenvalue weighted by atomic mass is 33.1. The highest BCUT2D eigenvalue weighted by molar-refractivity contribution is 8.76. The number of benzene rings is 3. The number of azide groups is 1. The van der Waals surface area contributed by atoms with Crippen LogP contribution in [-0.2, 0) is 68.4 Å². The first-order valence-electron chi connectivity index (χ1n) is 25.5. The molecule has 0 radical (unpaired) electrons. The second-order valence-corrected chi connectivity index (χ2v) is 29.3. The van der Waals surface area contributed by atoms with Crippen LogP contribution in [0.1, 0.15) is 97.9 Å². The van der Waals surface area contributed by atoms with Crippen molar-refractivity contribution < 1.29 is 87.9 Å². The summed E-state index contributed by atoms with van der Waals surface area (Å²) in [6, 6.07) is 13.2. The number of ether oxygens (including phenoxy) is 4. The van der Waals surface area contributed by atoms with Crippen molar-refractivity contribution in [3.8, 4) is 23.3 Å². The molecule has 8 rings (SSSR count). The zero-order chi connectivity index (χ0) is 61.3. The molecule has 1 aromatic heterocycles. The predicted octanol–water partition coefficient (Wildman–Crippen LogP) is 5.49. The fraction of sp³-hybridized carbons (Fsp3) is 0.440. The summed E-state index contributed by atoms with van der Waals surface area (Å²) in [6.07, 6.45) is -1.25. The molecule has 5 unspecified atom stereocenters. The van der Waals surface area contributed by atoms with Crippen molar-refractivity contribution in [2.24, 2.45) is 17.0 Å². The Hall–Kier alpha value is -5.57. The zero-order valence-corrected chi connectivity index (χ0v) is 50.7. The third-order valence-electron chi connectivity index (χ3n) is 14.8. The van der Waals surface area contributed by atoms with E-state index in [4.69, 9.17) is 34.3 Å². The minimum atomic E-state index is -5.85. The van der Waals surface area contributed by atoms with Gasteiger partial charge in [-0.2, -0.15) is 17.0 Å². The number of hydrogen-bond acceptors (Lipinski definition) is 19. The lowest BCUT2D eigenvalue weighted by atomic mass is 9.77. The highest BCUT2D eigenvalue weighted by Crippen LogP contribution is 2.66. The summed E-state index contributed by atoms with van der Waals surface area (Å²) in [4.78, 5) is 92.4. The molecule has 1 saturated heterocycles. The molecule has 0 spiro atoms. The van der Waals surface area contributed by atoms with E-state index in [1.54, 1.807) is 12.1 Å². The molecule has 2 aliphatic heterocycles. The number of rotatable bonds is 22. The fourth-order valence-corrected chi connectivity index (χ4v) is 15.6. The van der Waals surface area contributed by atoms with E-state index >= 15 is 0 Å². The van der Waals surface area contributed by atoms with Crippen LogP contribution in [-0.4, -0.2) is 111 Å². The number of alkyl carbamates (subject to hydrolysis) is 1. The SMILES string of the molecule is CC1C=c2c(cc3c(c2S(=O)(=O)O)Oc2cc4c(cc2C=3c2ccc(C(=O)NCCSSCCOC(=O)NCC#Cc3cn([C@H]5CC(OCN=[N+]=[N-])[C@@H](COP(=O)(O)OP(=O)(O)OP(=O)(O)O)O5)c(=O)[nH]c3=O)cc2)C(C)(C)C(C)C4)C1(C)C. The number of nitrogens with zero attached hydrogens (tertiary/aromatic N) is 4. The van der Waals surface area contributed by atoms with Gasteiger partial charge < -0.3 is 49.2 Å². The van der Waals surface area contributed by atoms with Crippen LogP contribution in [0, 0.1) is 23.7 Å². The molecule has 28 nitrogen and oxygen atoms in total. The van der Waals surface area contributed by atoms with Gasteiger partial charge in [0, 0.05) is 57.5 Å². The monoisotopic (exact) mass is 1280 g/mol. The van der Waals surface area contributed by atoms with Gasteiger partial charge in [-0.15, -0.1) is 0 Å². The molecule has 0 saturated carbocycles. The number of carbonyl (C=O) groups is 2. The maximum absolute atomic E-state index is 13.4. The zero-order valence-electron chi connectivity index (χ0n) is 45.6. The number of nitrogens with one attached hydrogen (secondary N) is 3. The quantitative estimate of drug-likeness (QED) is 0.00621. The number of hydrogen-bond donors (Lipinski definition) is 8. The third-order valence-corrected chi connectivity index (χ3v) is 21.9. The molecule has 3 heterocycles. The summed E-state index contributed by atoms with van der Waals surface area (Å²) in [7, 11) is -19.1. The van der Waals surface area contributed by atoms with Crippen molar-refractivity contribution in [2.75, 3.05) is 44.5 Å². The summed E-state index contributed by atoms with van der Waals surface area (Å²) in [6.45, 7) is 11.1. The van der Waals surface area contributed by atoms with Crippen LogP contribution in [0.25, 0.3) is 22.1 Å². The largest absolute Gasteiger partial charge is 0.490 e. The van der Waals surface area contributed by atoms with Gasteiger partial charge in [-0.05, 0) is 92.4 Å². The Bertz CT molecular complexity index is 3930. The van der Waals surface area contributed by atoms with Crippen molar-refractivity contribution in [1.29, 1.82) is 0 Å². The van der Waals surface area contributed by atoms with Crippen LogP contribution in [0.3, 0.4) is 0 Å². The van der Waals surface area contributed by atoms with Crippen molar-refractivity contribution >= 4 is 78.8 Å². The summed E-state index contributed by atoms with van der Waals surface area (Å²) < 4.78 is 108. The van der Waals surface area contributed by atoms with Gasteiger partial charge >= 0.3 is 35.3 Å². The van der Waals surface area contributed by atoms with Gasteiger partial charge in [-0.1, -0.05) is 98.3 Å². The molecule has 3 aromatic carbocycles. The molecule has 8 N–H and O–H groups in total. The van der Waals surface area contributed by atoms with Gasteiger partial charge in [0.1, 0.15) is 41.9 Å². The number of phosphoric acid groups is 3. The van der Waals surface area contributed by atoms with Gasteiger partial charge in [0.05, 0.1) is 19.3 Å². The average Bonchev–Trinajstić information content (AvgIpc) is 1.38.